The molecule has 62 valence electrons. The number of fused-ring (bicyclic) bond motifs is 5. The van der Waals surface area contributed by atoms with Crippen molar-refractivity contribution in [3.63, 3.8) is 0 Å². The summed E-state index contributed by atoms with van der Waals surface area (Å²) in [5.41, 5.74) is 2.92. The lowest BCUT2D eigenvalue weighted by molar-refractivity contribution is 0.652. The molecule has 1 heteroatoms. The largest absolute Gasteiger partial charge is 0.114 e. The standard InChI is InChI=1S/C11H11Cl/c12-11-6-5-8(7-11)9-3-1-2-4-10(9)11/h1-4,8H,5-7H2. The van der Waals surface area contributed by atoms with Gasteiger partial charge in [-0.1, -0.05) is 24.3 Å². The zero-order chi connectivity index (χ0) is 8.18. The Hall–Kier alpha value is -0.490. The van der Waals surface area contributed by atoms with Crippen molar-refractivity contribution in [3.8, 4) is 0 Å². The molecule has 0 saturated heterocycles. The molecule has 1 saturated carbocycles. The Morgan fingerprint density at radius 1 is 1.33 bits per heavy atom. The van der Waals surface area contributed by atoms with Crippen LogP contribution in [0.15, 0.2) is 24.3 Å². The first-order valence-corrected chi connectivity index (χ1v) is 4.96. The van der Waals surface area contributed by atoms with E-state index in [0.29, 0.717) is 0 Å². The van der Waals surface area contributed by atoms with Gasteiger partial charge in [-0.15, -0.1) is 11.6 Å². The summed E-state index contributed by atoms with van der Waals surface area (Å²) in [5, 5.41) is 0. The predicted molar refractivity (Wildman–Crippen MR) is 50.6 cm³/mol. The minimum Gasteiger partial charge on any atom is -0.114 e. The Balaban J connectivity index is 2.27. The topological polar surface area (TPSA) is 0 Å². The molecule has 1 fully saturated rings. The average Bonchev–Trinajstić information content (AvgIpc) is 2.60. The Kier molecular flexibility index (Phi) is 1.19. The zero-order valence-corrected chi connectivity index (χ0v) is 7.64. The molecular formula is C11H11Cl. The van der Waals surface area contributed by atoms with Gasteiger partial charge in [-0.05, 0) is 36.3 Å². The molecule has 2 aliphatic rings. The monoisotopic (exact) mass is 178 g/mol. The molecule has 0 heterocycles. The van der Waals surface area contributed by atoms with Crippen molar-refractivity contribution in [2.45, 2.75) is 30.1 Å². The van der Waals surface area contributed by atoms with Crippen LogP contribution in [0.2, 0.25) is 0 Å². The second-order valence-electron chi connectivity index (χ2n) is 3.99. The molecule has 1 aromatic carbocycles. The summed E-state index contributed by atoms with van der Waals surface area (Å²) in [6.07, 6.45) is 3.64. The first-order valence-electron chi connectivity index (χ1n) is 4.58. The molecule has 2 aliphatic carbocycles. The van der Waals surface area contributed by atoms with Crippen LogP contribution < -0.4 is 0 Å². The van der Waals surface area contributed by atoms with Crippen LogP contribution in [0.25, 0.3) is 0 Å². The third-order valence-electron chi connectivity index (χ3n) is 3.34. The SMILES string of the molecule is ClC12CCC(C1)c1ccccc12. The van der Waals surface area contributed by atoms with Crippen LogP contribution in [0.4, 0.5) is 0 Å². The third-order valence-corrected chi connectivity index (χ3v) is 3.89. The first kappa shape index (κ1) is 6.97. The van der Waals surface area contributed by atoms with Gasteiger partial charge in [0.1, 0.15) is 0 Å². The third kappa shape index (κ3) is 0.694. The summed E-state index contributed by atoms with van der Waals surface area (Å²) in [4.78, 5) is 0.0151. The van der Waals surface area contributed by atoms with Gasteiger partial charge in [0.15, 0.2) is 0 Å². The number of hydrogen-bond donors (Lipinski definition) is 0. The average molecular weight is 179 g/mol. The van der Waals surface area contributed by atoms with E-state index in [9.17, 15) is 0 Å². The highest BCUT2D eigenvalue weighted by Crippen LogP contribution is 2.59. The van der Waals surface area contributed by atoms with Crippen LogP contribution in [0, 0.1) is 0 Å². The summed E-state index contributed by atoms with van der Waals surface area (Å²) in [5.74, 6) is 0.763. The highest BCUT2D eigenvalue weighted by atomic mass is 35.5. The van der Waals surface area contributed by atoms with Gasteiger partial charge < -0.3 is 0 Å². The summed E-state index contributed by atoms with van der Waals surface area (Å²) < 4.78 is 0. The molecule has 1 aromatic rings. The van der Waals surface area contributed by atoms with Crippen LogP contribution in [-0.2, 0) is 4.87 Å². The molecule has 12 heavy (non-hydrogen) atoms. The summed E-state index contributed by atoms with van der Waals surface area (Å²) in [6.45, 7) is 0. The van der Waals surface area contributed by atoms with E-state index >= 15 is 0 Å². The Labute approximate surface area is 77.5 Å². The molecule has 0 radical (unpaired) electrons. The van der Waals surface area contributed by atoms with Crippen LogP contribution >= 0.6 is 11.6 Å². The number of benzene rings is 1. The second-order valence-corrected chi connectivity index (χ2v) is 4.72. The van der Waals surface area contributed by atoms with E-state index in [0.717, 1.165) is 5.92 Å². The first-order chi connectivity index (χ1) is 5.80. The fraction of sp³-hybridized carbons (Fsp3) is 0.455. The van der Waals surface area contributed by atoms with Crippen molar-refractivity contribution in [3.05, 3.63) is 35.4 Å². The van der Waals surface area contributed by atoms with Gasteiger partial charge in [0.25, 0.3) is 0 Å². The van der Waals surface area contributed by atoms with Gasteiger partial charge in [-0.25, -0.2) is 0 Å². The fourth-order valence-corrected chi connectivity index (χ4v) is 3.24. The van der Waals surface area contributed by atoms with Gasteiger partial charge in [-0.2, -0.15) is 0 Å². The zero-order valence-electron chi connectivity index (χ0n) is 6.89. The van der Waals surface area contributed by atoms with Gasteiger partial charge >= 0.3 is 0 Å². The molecular weight excluding hydrogens is 168 g/mol. The number of hydrogen-bond acceptors (Lipinski definition) is 0. The van der Waals surface area contributed by atoms with E-state index < -0.39 is 0 Å². The minimum atomic E-state index is 0.0151. The van der Waals surface area contributed by atoms with E-state index in [1.165, 1.54) is 30.4 Å². The lowest BCUT2D eigenvalue weighted by Crippen LogP contribution is -2.11. The van der Waals surface area contributed by atoms with E-state index in [4.69, 9.17) is 11.6 Å². The van der Waals surface area contributed by atoms with Crippen molar-refractivity contribution < 1.29 is 0 Å². The van der Waals surface area contributed by atoms with Crippen molar-refractivity contribution in [2.75, 3.05) is 0 Å². The Morgan fingerprint density at radius 3 is 3.00 bits per heavy atom. The molecule has 3 rings (SSSR count). The lowest BCUT2D eigenvalue weighted by Gasteiger charge is -2.21. The molecule has 0 spiro atoms. The van der Waals surface area contributed by atoms with Crippen LogP contribution in [-0.4, -0.2) is 0 Å². The van der Waals surface area contributed by atoms with Crippen LogP contribution in [0.5, 0.6) is 0 Å². The molecule has 0 N–H and O–H groups in total. The van der Waals surface area contributed by atoms with Crippen molar-refractivity contribution >= 4 is 11.6 Å². The highest BCUT2D eigenvalue weighted by molar-refractivity contribution is 6.24. The maximum Gasteiger partial charge on any atom is 0.0703 e. The molecule has 0 aliphatic heterocycles. The number of halogens is 1. The predicted octanol–water partition coefficient (Wildman–Crippen LogP) is 3.40. The number of rotatable bonds is 0. The van der Waals surface area contributed by atoms with Crippen molar-refractivity contribution in [1.29, 1.82) is 0 Å². The smallest absolute Gasteiger partial charge is 0.0703 e. The minimum absolute atomic E-state index is 0.0151. The molecule has 2 unspecified atom stereocenters. The molecule has 0 amide bonds. The van der Waals surface area contributed by atoms with Crippen molar-refractivity contribution in [1.82, 2.24) is 0 Å². The van der Waals surface area contributed by atoms with Gasteiger partial charge in [-0.3, -0.25) is 0 Å². The quantitative estimate of drug-likeness (QED) is 0.535. The second kappa shape index (κ2) is 2.05. The van der Waals surface area contributed by atoms with Crippen LogP contribution in [0.1, 0.15) is 36.3 Å². The van der Waals surface area contributed by atoms with Gasteiger partial charge in [0.2, 0.25) is 0 Å². The maximum absolute atomic E-state index is 6.53. The van der Waals surface area contributed by atoms with E-state index in [2.05, 4.69) is 24.3 Å². The van der Waals surface area contributed by atoms with Crippen molar-refractivity contribution in [2.24, 2.45) is 0 Å². The Bertz CT molecular complexity index is 332. The molecule has 0 aromatic heterocycles. The molecule has 0 nitrogen and oxygen atoms in total. The summed E-state index contributed by atoms with van der Waals surface area (Å²) in [7, 11) is 0. The van der Waals surface area contributed by atoms with Crippen LogP contribution in [0.3, 0.4) is 0 Å². The molecule has 2 atom stereocenters. The van der Waals surface area contributed by atoms with E-state index in [-0.39, 0.29) is 4.87 Å². The summed E-state index contributed by atoms with van der Waals surface area (Å²) >= 11 is 6.53. The van der Waals surface area contributed by atoms with Gasteiger partial charge in [0.05, 0.1) is 4.87 Å². The van der Waals surface area contributed by atoms with E-state index in [1.54, 1.807) is 0 Å². The lowest BCUT2D eigenvalue weighted by atomic mass is 9.91. The summed E-state index contributed by atoms with van der Waals surface area (Å²) in [6, 6.07) is 8.66. The Morgan fingerprint density at radius 2 is 2.17 bits per heavy atom. The molecule has 2 bridgehead atoms. The number of alkyl halides is 1. The fourth-order valence-electron chi connectivity index (χ4n) is 2.77. The maximum atomic E-state index is 6.53. The van der Waals surface area contributed by atoms with Gasteiger partial charge in [0, 0.05) is 0 Å². The van der Waals surface area contributed by atoms with E-state index in [1.807, 2.05) is 0 Å². The highest BCUT2D eigenvalue weighted by Gasteiger charge is 2.47. The normalized spacial score (nSPS) is 36.9.